The fourth-order valence-electron chi connectivity index (χ4n) is 5.04. The van der Waals surface area contributed by atoms with Gasteiger partial charge in [-0.1, -0.05) is 42.5 Å². The number of amides is 4. The summed E-state index contributed by atoms with van der Waals surface area (Å²) in [5.41, 5.74) is 4.50. The molecule has 1 unspecified atom stereocenters. The minimum atomic E-state index is -1.06. The van der Waals surface area contributed by atoms with E-state index in [1.165, 1.54) is 0 Å². The van der Waals surface area contributed by atoms with Crippen LogP contribution in [0.1, 0.15) is 34.5 Å². The van der Waals surface area contributed by atoms with Crippen LogP contribution in [0.25, 0.3) is 5.69 Å². The van der Waals surface area contributed by atoms with Crippen LogP contribution < -0.4 is 5.32 Å². The SMILES string of the molecule is Cc1nn(-c2ccccc2)c(C)c1CN(C)C(=O)CN1C(=O)NC2(CCc3ccccc32)C1=O. The maximum absolute atomic E-state index is 13.3. The van der Waals surface area contributed by atoms with Crippen molar-refractivity contribution in [3.8, 4) is 5.69 Å². The van der Waals surface area contributed by atoms with Crippen LogP contribution in [0.15, 0.2) is 54.6 Å². The van der Waals surface area contributed by atoms with Crippen LogP contribution in [0.2, 0.25) is 0 Å². The lowest BCUT2D eigenvalue weighted by atomic mass is 9.92. The van der Waals surface area contributed by atoms with Gasteiger partial charge in [0.25, 0.3) is 5.91 Å². The summed E-state index contributed by atoms with van der Waals surface area (Å²) in [6, 6.07) is 17.0. The van der Waals surface area contributed by atoms with Crippen molar-refractivity contribution >= 4 is 17.8 Å². The highest BCUT2D eigenvalue weighted by atomic mass is 16.2. The molecule has 174 valence electrons. The van der Waals surface area contributed by atoms with E-state index in [2.05, 4.69) is 10.4 Å². The molecule has 2 aliphatic rings. The number of nitrogens with one attached hydrogen (secondary N) is 1. The molecule has 3 aromatic rings. The number of hydrogen-bond acceptors (Lipinski definition) is 4. The molecule has 8 nitrogen and oxygen atoms in total. The maximum atomic E-state index is 13.3. The summed E-state index contributed by atoms with van der Waals surface area (Å²) in [5.74, 6) is -0.661. The van der Waals surface area contributed by atoms with Gasteiger partial charge in [-0.2, -0.15) is 5.10 Å². The van der Waals surface area contributed by atoms with Crippen LogP contribution in [-0.2, 0) is 28.1 Å². The van der Waals surface area contributed by atoms with Crippen LogP contribution in [0.5, 0.6) is 0 Å². The molecule has 1 aliphatic heterocycles. The Balaban J connectivity index is 1.32. The lowest BCUT2D eigenvalue weighted by Crippen LogP contribution is -2.44. The van der Waals surface area contributed by atoms with Crippen LogP contribution in [0.3, 0.4) is 0 Å². The monoisotopic (exact) mass is 457 g/mol. The Morgan fingerprint density at radius 1 is 1.09 bits per heavy atom. The molecule has 2 aromatic carbocycles. The largest absolute Gasteiger partial charge is 0.340 e. The van der Waals surface area contributed by atoms with E-state index in [0.717, 1.165) is 38.7 Å². The Bertz CT molecular complexity index is 1300. The highest BCUT2D eigenvalue weighted by Crippen LogP contribution is 2.41. The summed E-state index contributed by atoms with van der Waals surface area (Å²) < 4.78 is 1.86. The van der Waals surface area contributed by atoms with Gasteiger partial charge in [-0.25, -0.2) is 9.48 Å². The Hall–Kier alpha value is -3.94. The zero-order valence-corrected chi connectivity index (χ0v) is 19.5. The number of carbonyl (C=O) groups is 3. The Labute approximate surface area is 198 Å². The predicted molar refractivity (Wildman–Crippen MR) is 126 cm³/mol. The summed E-state index contributed by atoms with van der Waals surface area (Å²) in [4.78, 5) is 41.8. The number of benzene rings is 2. The number of aromatic nitrogens is 2. The van der Waals surface area contributed by atoms with Crippen LogP contribution in [-0.4, -0.2) is 51.0 Å². The number of carbonyl (C=O) groups excluding carboxylic acids is 3. The van der Waals surface area contributed by atoms with Gasteiger partial charge in [0.1, 0.15) is 12.1 Å². The lowest BCUT2D eigenvalue weighted by molar-refractivity contribution is -0.138. The van der Waals surface area contributed by atoms with Gasteiger partial charge >= 0.3 is 6.03 Å². The number of fused-ring (bicyclic) bond motifs is 2. The summed E-state index contributed by atoms with van der Waals surface area (Å²) >= 11 is 0. The van der Waals surface area contributed by atoms with Crippen molar-refractivity contribution in [2.45, 2.75) is 38.8 Å². The third-order valence-electron chi connectivity index (χ3n) is 6.98. The van der Waals surface area contributed by atoms with E-state index in [1.54, 1.807) is 11.9 Å². The fourth-order valence-corrected chi connectivity index (χ4v) is 5.04. The van der Waals surface area contributed by atoms with Gasteiger partial charge in [0.2, 0.25) is 5.91 Å². The molecule has 1 atom stereocenters. The molecule has 1 fully saturated rings. The number of likely N-dealkylation sites (N-methyl/N-ethyl adjacent to an activating group) is 1. The van der Waals surface area contributed by atoms with Gasteiger partial charge in [0, 0.05) is 24.8 Å². The first-order chi connectivity index (χ1) is 16.3. The molecule has 1 saturated heterocycles. The summed E-state index contributed by atoms with van der Waals surface area (Å²) in [6.07, 6.45) is 1.22. The Kier molecular flexibility index (Phi) is 5.23. The molecular formula is C26H27N5O3. The second kappa shape index (κ2) is 8.13. The van der Waals surface area contributed by atoms with Gasteiger partial charge in [-0.05, 0) is 49.9 Å². The minimum absolute atomic E-state index is 0.296. The van der Waals surface area contributed by atoms with Gasteiger partial charge in [0.15, 0.2) is 0 Å². The lowest BCUT2D eigenvalue weighted by Gasteiger charge is -2.23. The number of para-hydroxylation sites is 1. The molecule has 1 aliphatic carbocycles. The Morgan fingerprint density at radius 3 is 2.56 bits per heavy atom. The third kappa shape index (κ3) is 3.37. The van der Waals surface area contributed by atoms with Crippen molar-refractivity contribution in [1.29, 1.82) is 0 Å². The molecule has 0 bridgehead atoms. The standard InChI is InChI=1S/C26H27N5O3/c1-17-21(18(2)31(28-17)20-10-5-4-6-11-20)15-29(3)23(32)16-30-24(33)26(27-25(30)34)14-13-19-9-7-8-12-22(19)26/h4-12H,13-16H2,1-3H3,(H,27,34). The van der Waals surface area contributed by atoms with Gasteiger partial charge < -0.3 is 10.2 Å². The summed E-state index contributed by atoms with van der Waals surface area (Å²) in [5, 5.41) is 7.51. The van der Waals surface area contributed by atoms with Crippen LogP contribution in [0, 0.1) is 13.8 Å². The second-order valence-corrected chi connectivity index (χ2v) is 9.03. The Morgan fingerprint density at radius 2 is 1.79 bits per heavy atom. The van der Waals surface area contributed by atoms with Crippen molar-refractivity contribution in [3.63, 3.8) is 0 Å². The molecule has 4 amide bonds. The van der Waals surface area contributed by atoms with Crippen molar-refractivity contribution in [3.05, 3.63) is 82.7 Å². The molecule has 2 heterocycles. The van der Waals surface area contributed by atoms with Gasteiger partial charge in [-0.3, -0.25) is 14.5 Å². The number of imide groups is 1. The highest BCUT2D eigenvalue weighted by molar-refractivity contribution is 6.09. The topological polar surface area (TPSA) is 87.5 Å². The first-order valence-corrected chi connectivity index (χ1v) is 11.4. The molecule has 5 rings (SSSR count). The normalized spacial score (nSPS) is 19.0. The molecule has 0 radical (unpaired) electrons. The summed E-state index contributed by atoms with van der Waals surface area (Å²) in [7, 11) is 1.68. The van der Waals surface area contributed by atoms with E-state index >= 15 is 0 Å². The number of nitrogens with zero attached hydrogens (tertiary/aromatic N) is 4. The molecule has 1 aromatic heterocycles. The van der Waals surface area contributed by atoms with Gasteiger partial charge in [0.05, 0.1) is 11.4 Å². The molecule has 0 saturated carbocycles. The zero-order chi connectivity index (χ0) is 24.0. The predicted octanol–water partition coefficient (Wildman–Crippen LogP) is 2.84. The van der Waals surface area contributed by atoms with E-state index in [0.29, 0.717) is 19.4 Å². The van der Waals surface area contributed by atoms with Crippen molar-refractivity contribution in [2.24, 2.45) is 0 Å². The minimum Gasteiger partial charge on any atom is -0.340 e. The van der Waals surface area contributed by atoms with E-state index in [9.17, 15) is 14.4 Å². The van der Waals surface area contributed by atoms with Crippen LogP contribution >= 0.6 is 0 Å². The van der Waals surface area contributed by atoms with E-state index in [1.807, 2.05) is 73.1 Å². The average molecular weight is 458 g/mol. The molecule has 34 heavy (non-hydrogen) atoms. The third-order valence-corrected chi connectivity index (χ3v) is 6.98. The average Bonchev–Trinajstić information content (AvgIpc) is 3.43. The first kappa shape index (κ1) is 21.9. The second-order valence-electron chi connectivity index (χ2n) is 9.03. The fraction of sp³-hybridized carbons (Fsp3) is 0.308. The van der Waals surface area contributed by atoms with Crippen molar-refractivity contribution in [1.82, 2.24) is 24.9 Å². The van der Waals surface area contributed by atoms with Crippen molar-refractivity contribution in [2.75, 3.05) is 13.6 Å². The highest BCUT2D eigenvalue weighted by Gasteiger charge is 2.55. The van der Waals surface area contributed by atoms with Crippen LogP contribution in [0.4, 0.5) is 4.79 Å². The summed E-state index contributed by atoms with van der Waals surface area (Å²) in [6.45, 7) is 3.93. The first-order valence-electron chi connectivity index (χ1n) is 11.4. The quantitative estimate of drug-likeness (QED) is 0.597. The number of hydrogen-bond donors (Lipinski definition) is 1. The van der Waals surface area contributed by atoms with E-state index < -0.39 is 11.6 Å². The number of aryl methyl sites for hydroxylation is 2. The van der Waals surface area contributed by atoms with E-state index in [4.69, 9.17) is 0 Å². The molecular weight excluding hydrogens is 430 g/mol. The maximum Gasteiger partial charge on any atom is 0.325 e. The molecule has 1 spiro atoms. The number of rotatable bonds is 5. The smallest absolute Gasteiger partial charge is 0.325 e. The molecule has 8 heteroatoms. The zero-order valence-electron chi connectivity index (χ0n) is 19.5. The molecule has 1 N–H and O–H groups in total. The van der Waals surface area contributed by atoms with E-state index in [-0.39, 0.29) is 18.4 Å². The van der Waals surface area contributed by atoms with Gasteiger partial charge in [-0.15, -0.1) is 0 Å². The van der Waals surface area contributed by atoms with Crippen molar-refractivity contribution < 1.29 is 14.4 Å². The number of urea groups is 1.